The summed E-state index contributed by atoms with van der Waals surface area (Å²) in [5, 5.41) is 18.2. The lowest BCUT2D eigenvalue weighted by atomic mass is 9.92. The average molecular weight is 281 g/mol. The maximum Gasteiger partial charge on any atom is 0.311 e. The van der Waals surface area contributed by atoms with Crippen LogP contribution in [0, 0.1) is 11.3 Å². The molecule has 21 heavy (non-hydrogen) atoms. The first-order valence-corrected chi connectivity index (χ1v) is 6.50. The van der Waals surface area contributed by atoms with Gasteiger partial charge in [-0.1, -0.05) is 24.3 Å². The highest BCUT2D eigenvalue weighted by molar-refractivity contribution is 5.76. The van der Waals surface area contributed by atoms with Crippen molar-refractivity contribution in [3.8, 4) is 11.8 Å². The Morgan fingerprint density at radius 3 is 2.29 bits per heavy atom. The zero-order valence-corrected chi connectivity index (χ0v) is 11.6. The van der Waals surface area contributed by atoms with Gasteiger partial charge in [-0.3, -0.25) is 4.79 Å². The number of hydrogen-bond donors (Lipinski definition) is 1. The summed E-state index contributed by atoms with van der Waals surface area (Å²) in [6.07, 6.45) is 0.382. The number of methoxy groups -OCH3 is 1. The van der Waals surface area contributed by atoms with Gasteiger partial charge in [0.1, 0.15) is 5.75 Å². The lowest BCUT2D eigenvalue weighted by Crippen LogP contribution is -2.14. The molecule has 4 nitrogen and oxygen atoms in total. The minimum absolute atomic E-state index is 0.382. The number of carbonyl (C=O) groups is 1. The number of aliphatic carboxylic acids is 1. The monoisotopic (exact) mass is 281 g/mol. The third kappa shape index (κ3) is 3.61. The lowest BCUT2D eigenvalue weighted by Gasteiger charge is -2.13. The molecule has 1 N–H and O–H groups in total. The highest BCUT2D eigenvalue weighted by Gasteiger charge is 2.20. The smallest absolute Gasteiger partial charge is 0.311 e. The molecule has 4 heteroatoms. The summed E-state index contributed by atoms with van der Waals surface area (Å²) >= 11 is 0. The molecule has 0 aliphatic rings. The van der Waals surface area contributed by atoms with Gasteiger partial charge in [0.25, 0.3) is 0 Å². The van der Waals surface area contributed by atoms with Gasteiger partial charge in [0.05, 0.1) is 24.7 Å². The number of nitrogens with zero attached hydrogens (tertiary/aromatic N) is 1. The topological polar surface area (TPSA) is 70.3 Å². The van der Waals surface area contributed by atoms with Crippen LogP contribution in [0.15, 0.2) is 48.5 Å². The van der Waals surface area contributed by atoms with Crippen molar-refractivity contribution in [1.82, 2.24) is 0 Å². The molecule has 0 spiro atoms. The molecule has 0 saturated carbocycles. The van der Waals surface area contributed by atoms with Crippen LogP contribution in [0.5, 0.6) is 5.75 Å². The largest absolute Gasteiger partial charge is 0.497 e. The van der Waals surface area contributed by atoms with E-state index in [1.165, 1.54) is 0 Å². The second kappa shape index (κ2) is 6.58. The van der Waals surface area contributed by atoms with Crippen molar-refractivity contribution in [2.45, 2.75) is 12.3 Å². The first-order chi connectivity index (χ1) is 10.1. The summed E-state index contributed by atoms with van der Waals surface area (Å²) in [6.45, 7) is 0. The first kappa shape index (κ1) is 14.6. The van der Waals surface area contributed by atoms with E-state index in [2.05, 4.69) is 0 Å². The van der Waals surface area contributed by atoms with Crippen LogP contribution in [0.2, 0.25) is 0 Å². The predicted molar refractivity (Wildman–Crippen MR) is 78.2 cm³/mol. The van der Waals surface area contributed by atoms with Crippen molar-refractivity contribution in [1.29, 1.82) is 5.26 Å². The van der Waals surface area contributed by atoms with Crippen LogP contribution in [0.25, 0.3) is 0 Å². The maximum absolute atomic E-state index is 11.5. The minimum atomic E-state index is -0.871. The van der Waals surface area contributed by atoms with E-state index in [0.717, 1.165) is 11.1 Å². The molecule has 0 saturated heterocycles. The molecule has 106 valence electrons. The number of rotatable bonds is 5. The van der Waals surface area contributed by atoms with Gasteiger partial charge in [0.2, 0.25) is 0 Å². The molecule has 2 aromatic carbocycles. The number of carboxylic acid groups (broad SMARTS) is 1. The van der Waals surface area contributed by atoms with Gasteiger partial charge in [0, 0.05) is 0 Å². The Bertz CT molecular complexity index is 654. The second-order valence-electron chi connectivity index (χ2n) is 4.68. The van der Waals surface area contributed by atoms with Crippen LogP contribution in [0.1, 0.15) is 22.6 Å². The van der Waals surface area contributed by atoms with E-state index in [1.807, 2.05) is 6.07 Å². The molecular weight excluding hydrogens is 266 g/mol. The summed E-state index contributed by atoms with van der Waals surface area (Å²) < 4.78 is 5.08. The molecule has 0 radical (unpaired) electrons. The number of hydrogen-bond acceptors (Lipinski definition) is 3. The van der Waals surface area contributed by atoms with Crippen molar-refractivity contribution >= 4 is 5.97 Å². The fourth-order valence-electron chi connectivity index (χ4n) is 2.14. The van der Waals surface area contributed by atoms with E-state index < -0.39 is 11.9 Å². The lowest BCUT2D eigenvalue weighted by molar-refractivity contribution is -0.138. The highest BCUT2D eigenvalue weighted by atomic mass is 16.5. The Morgan fingerprint density at radius 2 is 1.81 bits per heavy atom. The number of ether oxygens (including phenoxy) is 1. The molecule has 2 aromatic rings. The van der Waals surface area contributed by atoms with Crippen LogP contribution in [-0.2, 0) is 11.2 Å². The van der Waals surface area contributed by atoms with Crippen molar-refractivity contribution in [2.24, 2.45) is 0 Å². The van der Waals surface area contributed by atoms with E-state index in [-0.39, 0.29) is 0 Å². The highest BCUT2D eigenvalue weighted by Crippen LogP contribution is 2.24. The van der Waals surface area contributed by atoms with Gasteiger partial charge < -0.3 is 9.84 Å². The summed E-state index contributed by atoms with van der Waals surface area (Å²) in [5.41, 5.74) is 2.18. The summed E-state index contributed by atoms with van der Waals surface area (Å²) in [4.78, 5) is 11.5. The quantitative estimate of drug-likeness (QED) is 0.914. The minimum Gasteiger partial charge on any atom is -0.497 e. The van der Waals surface area contributed by atoms with Crippen LogP contribution >= 0.6 is 0 Å². The number of benzene rings is 2. The molecule has 0 aromatic heterocycles. The van der Waals surface area contributed by atoms with Crippen molar-refractivity contribution in [2.75, 3.05) is 7.11 Å². The van der Waals surface area contributed by atoms with Crippen molar-refractivity contribution in [3.63, 3.8) is 0 Å². The van der Waals surface area contributed by atoms with Gasteiger partial charge in [-0.2, -0.15) is 5.26 Å². The Kier molecular flexibility index (Phi) is 4.57. The SMILES string of the molecule is COc1ccc(C(Cc2ccc(C#N)cc2)C(=O)O)cc1. The van der Waals surface area contributed by atoms with Gasteiger partial charge in [-0.25, -0.2) is 0 Å². The fraction of sp³-hybridized carbons (Fsp3) is 0.176. The van der Waals surface area contributed by atoms with Crippen LogP contribution in [0.3, 0.4) is 0 Å². The third-order valence-corrected chi connectivity index (χ3v) is 3.34. The molecule has 0 amide bonds. The summed E-state index contributed by atoms with van der Waals surface area (Å²) in [6, 6.07) is 16.1. The molecule has 2 rings (SSSR count). The van der Waals surface area contributed by atoms with Crippen LogP contribution < -0.4 is 4.74 Å². The Hall–Kier alpha value is -2.80. The van der Waals surface area contributed by atoms with E-state index in [9.17, 15) is 9.90 Å². The predicted octanol–water partition coefficient (Wildman–Crippen LogP) is 2.98. The van der Waals surface area contributed by atoms with Crippen molar-refractivity contribution < 1.29 is 14.6 Å². The number of carboxylic acids is 1. The van der Waals surface area contributed by atoms with Gasteiger partial charge in [-0.15, -0.1) is 0 Å². The summed E-state index contributed by atoms with van der Waals surface area (Å²) in [5.74, 6) is -0.797. The maximum atomic E-state index is 11.5. The van der Waals surface area contributed by atoms with E-state index in [0.29, 0.717) is 17.7 Å². The normalized spacial score (nSPS) is 11.4. The Labute approximate surface area is 123 Å². The standard InChI is InChI=1S/C17H15NO3/c1-21-15-8-6-14(7-9-15)16(17(19)20)10-12-2-4-13(11-18)5-3-12/h2-9,16H,10H2,1H3,(H,19,20). The van der Waals surface area contributed by atoms with E-state index in [1.54, 1.807) is 55.6 Å². The number of nitriles is 1. The molecule has 0 aliphatic heterocycles. The van der Waals surface area contributed by atoms with Crippen LogP contribution in [0.4, 0.5) is 0 Å². The van der Waals surface area contributed by atoms with E-state index in [4.69, 9.17) is 10.00 Å². The first-order valence-electron chi connectivity index (χ1n) is 6.50. The van der Waals surface area contributed by atoms with Gasteiger partial charge in [-0.05, 0) is 41.8 Å². The van der Waals surface area contributed by atoms with Gasteiger partial charge >= 0.3 is 5.97 Å². The Balaban J connectivity index is 2.22. The summed E-state index contributed by atoms with van der Waals surface area (Å²) in [7, 11) is 1.57. The zero-order valence-electron chi connectivity index (χ0n) is 11.6. The molecule has 0 aliphatic carbocycles. The Morgan fingerprint density at radius 1 is 1.19 bits per heavy atom. The van der Waals surface area contributed by atoms with Crippen LogP contribution in [-0.4, -0.2) is 18.2 Å². The molecule has 0 fully saturated rings. The van der Waals surface area contributed by atoms with Gasteiger partial charge in [0.15, 0.2) is 0 Å². The zero-order chi connectivity index (χ0) is 15.2. The average Bonchev–Trinajstić information content (AvgIpc) is 2.53. The second-order valence-corrected chi connectivity index (χ2v) is 4.68. The molecular formula is C17H15NO3. The molecule has 1 unspecified atom stereocenters. The molecule has 1 atom stereocenters. The van der Waals surface area contributed by atoms with Crippen molar-refractivity contribution in [3.05, 3.63) is 65.2 Å². The van der Waals surface area contributed by atoms with E-state index >= 15 is 0 Å². The molecule has 0 heterocycles. The fourth-order valence-corrected chi connectivity index (χ4v) is 2.14. The third-order valence-electron chi connectivity index (χ3n) is 3.34. The molecule has 0 bridgehead atoms.